The highest BCUT2D eigenvalue weighted by Gasteiger charge is 2.15. The van der Waals surface area contributed by atoms with Gasteiger partial charge in [-0.2, -0.15) is 0 Å². The molecule has 0 N–H and O–H groups in total. The van der Waals surface area contributed by atoms with Crippen LogP contribution in [0.2, 0.25) is 0 Å². The minimum Gasteiger partial charge on any atom is -0.228 e. The molecule has 0 amide bonds. The van der Waals surface area contributed by atoms with Crippen molar-refractivity contribution in [3.63, 3.8) is 0 Å². The van der Waals surface area contributed by atoms with Gasteiger partial charge in [0.05, 0.1) is 11.4 Å². The van der Waals surface area contributed by atoms with Crippen LogP contribution in [-0.4, -0.2) is 24.9 Å². The number of hydrogen-bond acceptors (Lipinski definition) is 5. The summed E-state index contributed by atoms with van der Waals surface area (Å²) < 4.78 is 0. The molecule has 2 aromatic heterocycles. The van der Waals surface area contributed by atoms with Gasteiger partial charge in [0.2, 0.25) is 0 Å². The van der Waals surface area contributed by atoms with Gasteiger partial charge < -0.3 is 0 Å². The lowest BCUT2D eigenvalue weighted by molar-refractivity contribution is 1.07. The van der Waals surface area contributed by atoms with Crippen molar-refractivity contribution >= 4 is 10.8 Å². The summed E-state index contributed by atoms with van der Waals surface area (Å²) in [6.45, 7) is 0. The predicted octanol–water partition coefficient (Wildman–Crippen LogP) is 11.5. The molecule has 9 aromatic rings. The molecule has 0 bridgehead atoms. The SMILES string of the molecule is c1ccc(-c2cc(-c3cccc(-c4cccc(-c5nc(-c6ccccc6)nc(-c6ccccc6)n5)c4)c3)nc(-c3cccc4ccccc34)n2)cc1. The van der Waals surface area contributed by atoms with Crippen molar-refractivity contribution < 1.29 is 0 Å². The first-order valence-corrected chi connectivity index (χ1v) is 17.3. The van der Waals surface area contributed by atoms with E-state index in [1.807, 2.05) is 78.9 Å². The molecule has 0 fully saturated rings. The fourth-order valence-corrected chi connectivity index (χ4v) is 6.53. The van der Waals surface area contributed by atoms with E-state index >= 15 is 0 Å². The summed E-state index contributed by atoms with van der Waals surface area (Å²) >= 11 is 0. The number of fused-ring (bicyclic) bond motifs is 1. The summed E-state index contributed by atoms with van der Waals surface area (Å²) in [5, 5.41) is 2.28. The van der Waals surface area contributed by atoms with Crippen molar-refractivity contribution in [1.82, 2.24) is 24.9 Å². The van der Waals surface area contributed by atoms with Crippen LogP contribution in [-0.2, 0) is 0 Å². The van der Waals surface area contributed by atoms with Crippen LogP contribution in [0.4, 0.5) is 0 Å². The van der Waals surface area contributed by atoms with Crippen molar-refractivity contribution in [1.29, 1.82) is 0 Å². The Bertz CT molecular complexity index is 2610. The fourth-order valence-electron chi connectivity index (χ4n) is 6.53. The van der Waals surface area contributed by atoms with Crippen molar-refractivity contribution in [3.8, 4) is 79.2 Å². The van der Waals surface area contributed by atoms with E-state index in [0.29, 0.717) is 23.3 Å². The van der Waals surface area contributed by atoms with Gasteiger partial charge in [0, 0.05) is 33.4 Å². The van der Waals surface area contributed by atoms with E-state index in [0.717, 1.165) is 66.7 Å². The molecule has 0 aliphatic rings. The Labute approximate surface area is 302 Å². The molecule has 244 valence electrons. The number of benzene rings is 7. The Kier molecular flexibility index (Phi) is 8.12. The van der Waals surface area contributed by atoms with Crippen LogP contribution >= 0.6 is 0 Å². The molecule has 9 rings (SSSR count). The normalized spacial score (nSPS) is 11.1. The third kappa shape index (κ3) is 6.23. The van der Waals surface area contributed by atoms with E-state index < -0.39 is 0 Å². The maximum absolute atomic E-state index is 5.19. The molecule has 0 spiro atoms. The Morgan fingerprint density at radius 3 is 1.31 bits per heavy atom. The van der Waals surface area contributed by atoms with Crippen molar-refractivity contribution in [2.75, 3.05) is 0 Å². The van der Waals surface area contributed by atoms with Gasteiger partial charge in [0.15, 0.2) is 23.3 Å². The van der Waals surface area contributed by atoms with Gasteiger partial charge in [-0.1, -0.05) is 170 Å². The third-order valence-corrected chi connectivity index (χ3v) is 9.14. The van der Waals surface area contributed by atoms with Gasteiger partial charge in [0.25, 0.3) is 0 Å². The number of hydrogen-bond donors (Lipinski definition) is 0. The number of aromatic nitrogens is 5. The predicted molar refractivity (Wildman–Crippen MR) is 211 cm³/mol. The molecule has 2 heterocycles. The van der Waals surface area contributed by atoms with Gasteiger partial charge in [-0.05, 0) is 40.1 Å². The van der Waals surface area contributed by atoms with E-state index in [1.54, 1.807) is 0 Å². The lowest BCUT2D eigenvalue weighted by Gasteiger charge is -2.12. The maximum Gasteiger partial charge on any atom is 0.164 e. The lowest BCUT2D eigenvalue weighted by Crippen LogP contribution is -2.00. The van der Waals surface area contributed by atoms with Gasteiger partial charge in [-0.15, -0.1) is 0 Å². The van der Waals surface area contributed by atoms with Crippen LogP contribution < -0.4 is 0 Å². The van der Waals surface area contributed by atoms with Crippen LogP contribution in [0.3, 0.4) is 0 Å². The Morgan fingerprint density at radius 2 is 0.673 bits per heavy atom. The zero-order valence-electron chi connectivity index (χ0n) is 28.1. The molecule has 0 saturated heterocycles. The zero-order chi connectivity index (χ0) is 34.7. The van der Waals surface area contributed by atoms with Crippen LogP contribution in [0.1, 0.15) is 0 Å². The smallest absolute Gasteiger partial charge is 0.164 e. The second-order valence-electron chi connectivity index (χ2n) is 12.6. The van der Waals surface area contributed by atoms with Crippen LogP contribution in [0.15, 0.2) is 188 Å². The summed E-state index contributed by atoms with van der Waals surface area (Å²) in [7, 11) is 0. The Hall–Kier alpha value is -7.11. The summed E-state index contributed by atoms with van der Waals surface area (Å²) in [5.41, 5.74) is 9.67. The van der Waals surface area contributed by atoms with Crippen LogP contribution in [0.25, 0.3) is 90.0 Å². The van der Waals surface area contributed by atoms with Crippen LogP contribution in [0, 0.1) is 0 Å². The lowest BCUT2D eigenvalue weighted by atomic mass is 9.98. The average Bonchev–Trinajstić information content (AvgIpc) is 3.24. The summed E-state index contributed by atoms with van der Waals surface area (Å²) in [6.07, 6.45) is 0. The highest BCUT2D eigenvalue weighted by Crippen LogP contribution is 2.34. The Balaban J connectivity index is 1.14. The van der Waals surface area contributed by atoms with E-state index in [9.17, 15) is 0 Å². The maximum atomic E-state index is 5.19. The molecular formula is C47H31N5. The van der Waals surface area contributed by atoms with Crippen molar-refractivity contribution in [3.05, 3.63) is 188 Å². The van der Waals surface area contributed by atoms with Crippen molar-refractivity contribution in [2.45, 2.75) is 0 Å². The molecule has 0 atom stereocenters. The second kappa shape index (κ2) is 13.7. The highest BCUT2D eigenvalue weighted by molar-refractivity contribution is 5.95. The molecule has 0 aliphatic carbocycles. The Morgan fingerprint density at radius 1 is 0.250 bits per heavy atom. The molecule has 52 heavy (non-hydrogen) atoms. The first kappa shape index (κ1) is 30.9. The van der Waals surface area contributed by atoms with E-state index in [-0.39, 0.29) is 0 Å². The first-order chi connectivity index (χ1) is 25.7. The third-order valence-electron chi connectivity index (χ3n) is 9.14. The average molecular weight is 666 g/mol. The van der Waals surface area contributed by atoms with Gasteiger partial charge >= 0.3 is 0 Å². The van der Waals surface area contributed by atoms with Crippen molar-refractivity contribution in [2.24, 2.45) is 0 Å². The standard InChI is InChI=1S/C47H31N5/c1-4-16-33(17-5-1)42-31-43(49-47(48-42)41-28-14-22-32-15-10-11-27-40(32)41)38-25-12-23-36(29-38)37-24-13-26-39(30-37)46-51-44(34-18-6-2-7-19-34)50-45(52-46)35-20-8-3-9-21-35/h1-31H. The topological polar surface area (TPSA) is 64.5 Å². The fraction of sp³-hybridized carbons (Fsp3) is 0. The molecule has 0 aliphatic heterocycles. The molecule has 7 aromatic carbocycles. The zero-order valence-corrected chi connectivity index (χ0v) is 28.1. The minimum atomic E-state index is 0.619. The van der Waals surface area contributed by atoms with E-state index in [1.165, 1.54) is 0 Å². The molecule has 0 unspecified atom stereocenters. The quantitative estimate of drug-likeness (QED) is 0.169. The second-order valence-corrected chi connectivity index (χ2v) is 12.6. The largest absolute Gasteiger partial charge is 0.228 e. The molecular weight excluding hydrogens is 635 g/mol. The number of rotatable bonds is 7. The molecule has 5 nitrogen and oxygen atoms in total. The van der Waals surface area contributed by atoms with E-state index in [4.69, 9.17) is 24.9 Å². The summed E-state index contributed by atoms with van der Waals surface area (Å²) in [4.78, 5) is 25.1. The van der Waals surface area contributed by atoms with Gasteiger partial charge in [0.1, 0.15) is 0 Å². The summed E-state index contributed by atoms with van der Waals surface area (Å²) in [6, 6.07) is 64.1. The molecule has 0 radical (unpaired) electrons. The van der Waals surface area contributed by atoms with Crippen LogP contribution in [0.5, 0.6) is 0 Å². The minimum absolute atomic E-state index is 0.619. The molecule has 5 heteroatoms. The molecule has 0 saturated carbocycles. The monoisotopic (exact) mass is 665 g/mol. The van der Waals surface area contributed by atoms with E-state index in [2.05, 4.69) is 109 Å². The summed E-state index contributed by atoms with van der Waals surface area (Å²) in [5.74, 6) is 2.58. The van der Waals surface area contributed by atoms with Gasteiger partial charge in [-0.25, -0.2) is 24.9 Å². The first-order valence-electron chi connectivity index (χ1n) is 17.3. The number of nitrogens with zero attached hydrogens (tertiary/aromatic N) is 5. The van der Waals surface area contributed by atoms with Gasteiger partial charge in [-0.3, -0.25) is 0 Å². The highest BCUT2D eigenvalue weighted by atomic mass is 15.0.